The van der Waals surface area contributed by atoms with Gasteiger partial charge in [0.1, 0.15) is 0 Å². The van der Waals surface area contributed by atoms with Crippen LogP contribution in [0.25, 0.3) is 0 Å². The summed E-state index contributed by atoms with van der Waals surface area (Å²) in [5.41, 5.74) is 0.807. The summed E-state index contributed by atoms with van der Waals surface area (Å²) in [6.07, 6.45) is 5.28. The highest BCUT2D eigenvalue weighted by molar-refractivity contribution is 7.91. The summed E-state index contributed by atoms with van der Waals surface area (Å²) >= 11 is 0. The third kappa shape index (κ3) is 5.72. The Morgan fingerprint density at radius 1 is 1.10 bits per heavy atom. The molecule has 0 spiro atoms. The van der Waals surface area contributed by atoms with Gasteiger partial charge in [0.15, 0.2) is 16.4 Å². The SMILES string of the molecule is O=C(OCC(=O)N(C1CCCCC1)[C@@H]1CCS(=O)(=O)C1)c1ccccc1NCCO. The largest absolute Gasteiger partial charge is 0.452 e. The summed E-state index contributed by atoms with van der Waals surface area (Å²) in [5, 5.41) is 11.9. The summed E-state index contributed by atoms with van der Waals surface area (Å²) in [6.45, 7) is -0.211. The molecule has 1 aliphatic carbocycles. The van der Waals surface area contributed by atoms with Crippen LogP contribution in [0.2, 0.25) is 0 Å². The first kappa shape index (κ1) is 22.6. The average molecular weight is 439 g/mol. The monoisotopic (exact) mass is 438 g/mol. The van der Waals surface area contributed by atoms with E-state index < -0.39 is 22.4 Å². The first-order valence-corrected chi connectivity index (χ1v) is 12.4. The van der Waals surface area contributed by atoms with Gasteiger partial charge in [-0.1, -0.05) is 31.4 Å². The molecule has 2 fully saturated rings. The summed E-state index contributed by atoms with van der Waals surface area (Å²) < 4.78 is 29.3. The molecule has 0 aromatic heterocycles. The third-order valence-electron chi connectivity index (χ3n) is 5.76. The average Bonchev–Trinajstić information content (AvgIpc) is 3.10. The van der Waals surface area contributed by atoms with Gasteiger partial charge in [0.25, 0.3) is 5.91 Å². The van der Waals surface area contributed by atoms with Crippen LogP contribution in [0.3, 0.4) is 0 Å². The number of benzene rings is 1. The van der Waals surface area contributed by atoms with Crippen LogP contribution in [-0.2, 0) is 19.4 Å². The lowest BCUT2D eigenvalue weighted by molar-refractivity contribution is -0.140. The summed E-state index contributed by atoms with van der Waals surface area (Å²) in [6, 6.07) is 6.40. The van der Waals surface area contributed by atoms with E-state index in [1.807, 2.05) is 0 Å². The number of amides is 1. The zero-order chi connectivity index (χ0) is 21.6. The predicted molar refractivity (Wildman–Crippen MR) is 113 cm³/mol. The standard InChI is InChI=1S/C21H30N2O6S/c24-12-11-22-19-9-5-4-8-18(19)21(26)29-14-20(25)23(16-6-2-1-3-7-16)17-10-13-30(27,28)15-17/h4-5,8-9,16-17,22,24H,1-3,6-7,10-15H2/t17-/m1/s1. The van der Waals surface area contributed by atoms with Crippen molar-refractivity contribution in [3.05, 3.63) is 29.8 Å². The van der Waals surface area contributed by atoms with Crippen molar-refractivity contribution in [1.82, 2.24) is 4.90 Å². The van der Waals surface area contributed by atoms with Crippen LogP contribution in [0.1, 0.15) is 48.9 Å². The van der Waals surface area contributed by atoms with Crippen molar-refractivity contribution in [2.75, 3.05) is 36.6 Å². The number of aliphatic hydroxyl groups is 1. The van der Waals surface area contributed by atoms with Gasteiger partial charge in [-0.15, -0.1) is 0 Å². The molecular formula is C21H30N2O6S. The second-order valence-electron chi connectivity index (χ2n) is 7.92. The second kappa shape index (κ2) is 10.3. The quantitative estimate of drug-likeness (QED) is 0.593. The number of para-hydroxylation sites is 1. The molecule has 8 nitrogen and oxygen atoms in total. The minimum Gasteiger partial charge on any atom is -0.452 e. The Labute approximate surface area is 177 Å². The number of anilines is 1. The van der Waals surface area contributed by atoms with Crippen LogP contribution in [0.4, 0.5) is 5.69 Å². The molecule has 1 aromatic rings. The first-order chi connectivity index (χ1) is 14.4. The fourth-order valence-corrected chi connectivity index (χ4v) is 6.06. The lowest BCUT2D eigenvalue weighted by Gasteiger charge is -2.38. The molecule has 1 atom stereocenters. The van der Waals surface area contributed by atoms with E-state index >= 15 is 0 Å². The van der Waals surface area contributed by atoms with Gasteiger partial charge in [-0.2, -0.15) is 0 Å². The number of rotatable bonds is 8. The van der Waals surface area contributed by atoms with Crippen molar-refractivity contribution in [3.8, 4) is 0 Å². The van der Waals surface area contributed by atoms with Gasteiger partial charge in [0.05, 0.1) is 23.7 Å². The zero-order valence-electron chi connectivity index (χ0n) is 17.1. The number of hydrogen-bond acceptors (Lipinski definition) is 7. The Morgan fingerprint density at radius 2 is 1.83 bits per heavy atom. The highest BCUT2D eigenvalue weighted by atomic mass is 32.2. The van der Waals surface area contributed by atoms with E-state index in [-0.39, 0.29) is 48.2 Å². The number of carbonyl (C=O) groups is 2. The molecule has 3 rings (SSSR count). The smallest absolute Gasteiger partial charge is 0.340 e. The van der Waals surface area contributed by atoms with Crippen LogP contribution >= 0.6 is 0 Å². The number of nitrogens with zero attached hydrogens (tertiary/aromatic N) is 1. The van der Waals surface area contributed by atoms with Crippen LogP contribution < -0.4 is 5.32 Å². The zero-order valence-corrected chi connectivity index (χ0v) is 17.9. The van der Waals surface area contributed by atoms with Crippen molar-refractivity contribution < 1.29 is 27.9 Å². The number of aliphatic hydroxyl groups excluding tert-OH is 1. The normalized spacial score (nSPS) is 21.2. The molecule has 1 aromatic carbocycles. The Hall–Kier alpha value is -2.13. The fraction of sp³-hybridized carbons (Fsp3) is 0.619. The van der Waals surface area contributed by atoms with Gasteiger partial charge in [-0.3, -0.25) is 4.79 Å². The molecular weight excluding hydrogens is 408 g/mol. The Morgan fingerprint density at radius 3 is 2.50 bits per heavy atom. The van der Waals surface area contributed by atoms with E-state index in [1.165, 1.54) is 0 Å². The van der Waals surface area contributed by atoms with Gasteiger partial charge in [0.2, 0.25) is 0 Å². The van der Waals surface area contributed by atoms with Crippen LogP contribution in [0, 0.1) is 0 Å². The minimum atomic E-state index is -3.13. The van der Waals surface area contributed by atoms with E-state index in [9.17, 15) is 18.0 Å². The summed E-state index contributed by atoms with van der Waals surface area (Å²) in [5.74, 6) is -0.889. The number of carbonyl (C=O) groups excluding carboxylic acids is 2. The molecule has 1 aliphatic heterocycles. The molecule has 166 valence electrons. The van der Waals surface area contributed by atoms with E-state index in [4.69, 9.17) is 9.84 Å². The molecule has 1 heterocycles. The number of ether oxygens (including phenoxy) is 1. The van der Waals surface area contributed by atoms with Crippen molar-refractivity contribution in [2.24, 2.45) is 0 Å². The number of esters is 1. The maximum atomic E-state index is 13.0. The number of sulfone groups is 1. The van der Waals surface area contributed by atoms with Crippen LogP contribution in [0.5, 0.6) is 0 Å². The highest BCUT2D eigenvalue weighted by Crippen LogP contribution is 2.28. The highest BCUT2D eigenvalue weighted by Gasteiger charge is 2.38. The molecule has 2 N–H and O–H groups in total. The van der Waals surface area contributed by atoms with E-state index in [0.717, 1.165) is 32.1 Å². The molecule has 0 unspecified atom stereocenters. The molecule has 2 aliphatic rings. The minimum absolute atomic E-state index is 0.00163. The predicted octanol–water partition coefficient (Wildman–Crippen LogP) is 1.60. The maximum absolute atomic E-state index is 13.0. The van der Waals surface area contributed by atoms with Gasteiger partial charge < -0.3 is 20.1 Å². The van der Waals surface area contributed by atoms with E-state index in [2.05, 4.69) is 5.32 Å². The Balaban J connectivity index is 1.68. The van der Waals surface area contributed by atoms with Crippen molar-refractivity contribution in [1.29, 1.82) is 0 Å². The summed E-state index contributed by atoms with van der Waals surface area (Å²) in [7, 11) is -3.13. The number of hydrogen-bond donors (Lipinski definition) is 2. The van der Waals surface area contributed by atoms with Crippen molar-refractivity contribution in [3.63, 3.8) is 0 Å². The number of nitrogens with one attached hydrogen (secondary N) is 1. The fourth-order valence-electron chi connectivity index (χ4n) is 4.34. The molecule has 30 heavy (non-hydrogen) atoms. The lowest BCUT2D eigenvalue weighted by Crippen LogP contribution is -2.50. The first-order valence-electron chi connectivity index (χ1n) is 10.5. The lowest BCUT2D eigenvalue weighted by atomic mass is 9.93. The topological polar surface area (TPSA) is 113 Å². The van der Waals surface area contributed by atoms with E-state index in [0.29, 0.717) is 12.1 Å². The summed E-state index contributed by atoms with van der Waals surface area (Å²) in [4.78, 5) is 27.3. The van der Waals surface area contributed by atoms with E-state index in [1.54, 1.807) is 29.2 Å². The molecule has 0 bridgehead atoms. The molecule has 9 heteroatoms. The molecule has 1 saturated heterocycles. The molecule has 0 radical (unpaired) electrons. The molecule has 1 saturated carbocycles. The van der Waals surface area contributed by atoms with Gasteiger partial charge in [0, 0.05) is 24.3 Å². The van der Waals surface area contributed by atoms with Crippen LogP contribution in [0.15, 0.2) is 24.3 Å². The molecule has 1 amide bonds. The van der Waals surface area contributed by atoms with Gasteiger partial charge in [-0.05, 0) is 31.4 Å². The van der Waals surface area contributed by atoms with Gasteiger partial charge in [-0.25, -0.2) is 13.2 Å². The van der Waals surface area contributed by atoms with Crippen LogP contribution in [-0.4, -0.2) is 73.6 Å². The van der Waals surface area contributed by atoms with Crippen molar-refractivity contribution >= 4 is 27.4 Å². The third-order valence-corrected chi connectivity index (χ3v) is 7.51. The van der Waals surface area contributed by atoms with Gasteiger partial charge >= 0.3 is 5.97 Å². The second-order valence-corrected chi connectivity index (χ2v) is 10.2. The van der Waals surface area contributed by atoms with Crippen molar-refractivity contribution in [2.45, 2.75) is 50.6 Å². The Kier molecular flexibility index (Phi) is 7.71. The maximum Gasteiger partial charge on any atom is 0.340 e. The Bertz CT molecular complexity index is 851.